The highest BCUT2D eigenvalue weighted by Crippen LogP contribution is 2.41. The second-order valence-corrected chi connectivity index (χ2v) is 5.14. The third kappa shape index (κ3) is 2.66. The van der Waals surface area contributed by atoms with Crippen LogP contribution in [0, 0.1) is 5.92 Å². The molecule has 3 N–H and O–H groups in total. The highest BCUT2D eigenvalue weighted by atomic mass is 35.5. The van der Waals surface area contributed by atoms with Gasteiger partial charge in [-0.3, -0.25) is 0 Å². The summed E-state index contributed by atoms with van der Waals surface area (Å²) in [5, 5.41) is 10.4. The molecule has 1 aromatic carbocycles. The molecule has 1 heterocycles. The van der Waals surface area contributed by atoms with E-state index in [9.17, 15) is 5.11 Å². The summed E-state index contributed by atoms with van der Waals surface area (Å²) >= 11 is 0. The second kappa shape index (κ2) is 5.99. The third-order valence-electron chi connectivity index (χ3n) is 4.04. The van der Waals surface area contributed by atoms with Gasteiger partial charge in [0.15, 0.2) is 11.5 Å². The number of aliphatic hydroxyl groups excluding tert-OH is 1. The molecule has 0 bridgehead atoms. The molecule has 1 aromatic rings. The van der Waals surface area contributed by atoms with Gasteiger partial charge in [0.25, 0.3) is 0 Å². The largest absolute Gasteiger partial charge is 0.454 e. The Kier molecular flexibility index (Phi) is 4.55. The Balaban J connectivity index is 0.00000133. The smallest absolute Gasteiger partial charge is 0.231 e. The molecule has 5 heteroatoms. The van der Waals surface area contributed by atoms with Crippen LogP contribution in [0.25, 0.3) is 0 Å². The van der Waals surface area contributed by atoms with Crippen molar-refractivity contribution in [3.8, 4) is 11.5 Å². The van der Waals surface area contributed by atoms with Crippen molar-refractivity contribution in [3.05, 3.63) is 23.8 Å². The standard InChI is InChI=1S/C14H19NO3.ClH/c15-12(13(16)9-4-1-2-5-9)10-6-3-7-11-14(10)18-8-17-11;/h3,6-7,9,12-13,16H,1-2,4-5,8,15H2;1H/t12-,13+;/m1./s1. The predicted octanol–water partition coefficient (Wildman–Crippen LogP) is 2.39. The lowest BCUT2D eigenvalue weighted by Gasteiger charge is -2.25. The molecular formula is C14H20ClNO3. The topological polar surface area (TPSA) is 64.7 Å². The molecule has 0 amide bonds. The second-order valence-electron chi connectivity index (χ2n) is 5.14. The van der Waals surface area contributed by atoms with Crippen LogP contribution in [0.1, 0.15) is 37.3 Å². The number of hydrogen-bond acceptors (Lipinski definition) is 4. The lowest BCUT2D eigenvalue weighted by Crippen LogP contribution is -2.32. The third-order valence-corrected chi connectivity index (χ3v) is 4.04. The molecule has 1 saturated carbocycles. The molecule has 0 radical (unpaired) electrons. The predicted molar refractivity (Wildman–Crippen MR) is 74.7 cm³/mol. The van der Waals surface area contributed by atoms with Crippen molar-refractivity contribution in [3.63, 3.8) is 0 Å². The molecule has 3 rings (SSSR count). The zero-order valence-corrected chi connectivity index (χ0v) is 11.6. The van der Waals surface area contributed by atoms with Crippen molar-refractivity contribution < 1.29 is 14.6 Å². The maximum Gasteiger partial charge on any atom is 0.231 e. The summed E-state index contributed by atoms with van der Waals surface area (Å²) in [4.78, 5) is 0. The van der Waals surface area contributed by atoms with Gasteiger partial charge in [-0.2, -0.15) is 0 Å². The first-order valence-electron chi connectivity index (χ1n) is 6.59. The van der Waals surface area contributed by atoms with Crippen LogP contribution in [0.5, 0.6) is 11.5 Å². The molecule has 1 aliphatic carbocycles. The highest BCUT2D eigenvalue weighted by Gasteiger charge is 2.31. The monoisotopic (exact) mass is 285 g/mol. The fourth-order valence-electron chi connectivity index (χ4n) is 2.99. The van der Waals surface area contributed by atoms with Crippen molar-refractivity contribution in [2.75, 3.05) is 6.79 Å². The van der Waals surface area contributed by atoms with Gasteiger partial charge in [-0.15, -0.1) is 12.4 Å². The highest BCUT2D eigenvalue weighted by molar-refractivity contribution is 5.85. The lowest BCUT2D eigenvalue weighted by atomic mass is 9.90. The number of nitrogens with two attached hydrogens (primary N) is 1. The van der Waals surface area contributed by atoms with E-state index in [1.165, 1.54) is 12.8 Å². The van der Waals surface area contributed by atoms with Gasteiger partial charge in [-0.25, -0.2) is 0 Å². The number of aliphatic hydroxyl groups is 1. The molecule has 0 saturated heterocycles. The fourth-order valence-corrected chi connectivity index (χ4v) is 2.99. The number of halogens is 1. The first kappa shape index (κ1) is 14.4. The van der Waals surface area contributed by atoms with Crippen molar-refractivity contribution in [1.29, 1.82) is 0 Å². The number of fused-ring (bicyclic) bond motifs is 1. The van der Waals surface area contributed by atoms with E-state index < -0.39 is 12.1 Å². The maximum absolute atomic E-state index is 10.4. The Morgan fingerprint density at radius 1 is 1.21 bits per heavy atom. The first-order chi connectivity index (χ1) is 8.77. The summed E-state index contributed by atoms with van der Waals surface area (Å²) in [6.07, 6.45) is 4.04. The Morgan fingerprint density at radius 2 is 1.95 bits per heavy atom. The number of rotatable bonds is 3. The summed E-state index contributed by atoms with van der Waals surface area (Å²) in [5.41, 5.74) is 7.06. The Hall–Kier alpha value is -0.970. The van der Waals surface area contributed by atoms with Crippen LogP contribution in [0.4, 0.5) is 0 Å². The van der Waals surface area contributed by atoms with Gasteiger partial charge in [0.05, 0.1) is 12.1 Å². The maximum atomic E-state index is 10.4. The molecule has 2 aliphatic rings. The number of ether oxygens (including phenoxy) is 2. The molecule has 2 atom stereocenters. The van der Waals surface area contributed by atoms with E-state index in [1.807, 2.05) is 18.2 Å². The molecule has 1 fully saturated rings. The van der Waals surface area contributed by atoms with Crippen LogP contribution in [-0.2, 0) is 0 Å². The zero-order chi connectivity index (χ0) is 12.5. The summed E-state index contributed by atoms with van der Waals surface area (Å²) in [7, 11) is 0. The molecule has 4 nitrogen and oxygen atoms in total. The van der Waals surface area contributed by atoms with E-state index in [4.69, 9.17) is 15.2 Å². The normalized spacial score (nSPS) is 20.9. The number of para-hydroxylation sites is 1. The Bertz CT molecular complexity index is 435. The molecule has 19 heavy (non-hydrogen) atoms. The minimum atomic E-state index is -0.497. The van der Waals surface area contributed by atoms with Crippen LogP contribution < -0.4 is 15.2 Å². The summed E-state index contributed by atoms with van der Waals surface area (Å²) in [6.45, 7) is 0.235. The molecule has 106 valence electrons. The van der Waals surface area contributed by atoms with Crippen LogP contribution in [0.15, 0.2) is 18.2 Å². The Morgan fingerprint density at radius 3 is 2.68 bits per heavy atom. The molecule has 0 aromatic heterocycles. The van der Waals surface area contributed by atoms with Crippen molar-refractivity contribution in [1.82, 2.24) is 0 Å². The molecule has 1 aliphatic heterocycles. The van der Waals surface area contributed by atoms with E-state index in [0.29, 0.717) is 11.7 Å². The van der Waals surface area contributed by atoms with E-state index >= 15 is 0 Å². The average Bonchev–Trinajstić information content (AvgIpc) is 3.06. The number of hydrogen-bond donors (Lipinski definition) is 2. The molecule has 0 spiro atoms. The average molecular weight is 286 g/mol. The van der Waals surface area contributed by atoms with Crippen molar-refractivity contribution in [2.45, 2.75) is 37.8 Å². The van der Waals surface area contributed by atoms with E-state index in [2.05, 4.69) is 0 Å². The summed E-state index contributed by atoms with van der Waals surface area (Å²) in [5.74, 6) is 1.74. The lowest BCUT2D eigenvalue weighted by molar-refractivity contribution is 0.0831. The molecule has 0 unspecified atom stereocenters. The van der Waals surface area contributed by atoms with Gasteiger partial charge in [0, 0.05) is 5.56 Å². The molecular weight excluding hydrogens is 266 g/mol. The van der Waals surface area contributed by atoms with Gasteiger partial charge in [0.2, 0.25) is 6.79 Å². The minimum Gasteiger partial charge on any atom is -0.454 e. The van der Waals surface area contributed by atoms with Crippen LogP contribution in [0.2, 0.25) is 0 Å². The van der Waals surface area contributed by atoms with E-state index in [0.717, 1.165) is 24.2 Å². The van der Waals surface area contributed by atoms with Crippen LogP contribution in [-0.4, -0.2) is 18.0 Å². The minimum absolute atomic E-state index is 0. The van der Waals surface area contributed by atoms with Crippen molar-refractivity contribution >= 4 is 12.4 Å². The van der Waals surface area contributed by atoms with E-state index in [-0.39, 0.29) is 19.2 Å². The number of benzene rings is 1. The van der Waals surface area contributed by atoms with E-state index in [1.54, 1.807) is 0 Å². The first-order valence-corrected chi connectivity index (χ1v) is 6.59. The Labute approximate surface area is 119 Å². The summed E-state index contributed by atoms with van der Waals surface area (Å²) in [6, 6.07) is 5.27. The summed E-state index contributed by atoms with van der Waals surface area (Å²) < 4.78 is 10.8. The van der Waals surface area contributed by atoms with Gasteiger partial charge in [-0.1, -0.05) is 25.0 Å². The van der Waals surface area contributed by atoms with Gasteiger partial charge in [0.1, 0.15) is 0 Å². The van der Waals surface area contributed by atoms with Crippen LogP contribution in [0.3, 0.4) is 0 Å². The SMILES string of the molecule is Cl.N[C@H](c1cccc2c1OCO2)[C@@H](O)C1CCCC1. The van der Waals surface area contributed by atoms with Crippen LogP contribution >= 0.6 is 12.4 Å². The zero-order valence-electron chi connectivity index (χ0n) is 10.7. The van der Waals surface area contributed by atoms with Gasteiger partial charge in [-0.05, 0) is 24.8 Å². The van der Waals surface area contributed by atoms with Gasteiger partial charge < -0.3 is 20.3 Å². The van der Waals surface area contributed by atoms with Crippen molar-refractivity contribution in [2.24, 2.45) is 11.7 Å². The van der Waals surface area contributed by atoms with Gasteiger partial charge >= 0.3 is 0 Å². The quantitative estimate of drug-likeness (QED) is 0.895. The fraction of sp³-hybridized carbons (Fsp3) is 0.571.